The van der Waals surface area contributed by atoms with Gasteiger partial charge in [-0.3, -0.25) is 4.90 Å². The number of ether oxygens (including phenoxy) is 2. The van der Waals surface area contributed by atoms with Crippen LogP contribution in [-0.4, -0.2) is 40.1 Å². The second-order valence-corrected chi connectivity index (χ2v) is 6.34. The van der Waals surface area contributed by atoms with Crippen molar-refractivity contribution in [2.45, 2.75) is 51.7 Å². The summed E-state index contributed by atoms with van der Waals surface area (Å²) in [6.45, 7) is 7.41. The first-order chi connectivity index (χ1) is 9.72. The van der Waals surface area contributed by atoms with Crippen molar-refractivity contribution < 1.29 is 19.4 Å². The molecular formula is C16H23NO4. The summed E-state index contributed by atoms with van der Waals surface area (Å²) in [7, 11) is 0. The van der Waals surface area contributed by atoms with E-state index in [2.05, 4.69) is 0 Å². The van der Waals surface area contributed by atoms with Gasteiger partial charge >= 0.3 is 6.09 Å². The average Bonchev–Trinajstić information content (AvgIpc) is 2.73. The van der Waals surface area contributed by atoms with E-state index in [4.69, 9.17) is 9.47 Å². The molecule has 1 amide bonds. The fourth-order valence-corrected chi connectivity index (χ4v) is 2.46. The molecule has 1 aliphatic heterocycles. The number of aliphatic hydroxyl groups is 1. The first-order valence-corrected chi connectivity index (χ1v) is 7.08. The maximum Gasteiger partial charge on any atom is 0.412 e. The predicted molar refractivity (Wildman–Crippen MR) is 78.6 cm³/mol. The zero-order valence-corrected chi connectivity index (χ0v) is 13.0. The molecule has 0 saturated carbocycles. The van der Waals surface area contributed by atoms with Gasteiger partial charge in [-0.15, -0.1) is 0 Å². The Morgan fingerprint density at radius 3 is 2.62 bits per heavy atom. The van der Waals surface area contributed by atoms with Gasteiger partial charge in [0.1, 0.15) is 12.3 Å². The van der Waals surface area contributed by atoms with Crippen LogP contribution in [0.4, 0.5) is 4.79 Å². The number of hydrogen-bond acceptors (Lipinski definition) is 4. The molecule has 1 fully saturated rings. The molecule has 0 radical (unpaired) electrons. The van der Waals surface area contributed by atoms with Crippen LogP contribution in [0.25, 0.3) is 0 Å². The van der Waals surface area contributed by atoms with Gasteiger partial charge in [0.15, 0.2) is 0 Å². The fraction of sp³-hybridized carbons (Fsp3) is 0.562. The molecule has 1 unspecified atom stereocenters. The van der Waals surface area contributed by atoms with E-state index < -0.39 is 23.5 Å². The molecule has 2 rings (SSSR count). The second kappa shape index (κ2) is 5.66. The zero-order valence-electron chi connectivity index (χ0n) is 13.0. The third-order valence-electron chi connectivity index (χ3n) is 3.70. The normalized spacial score (nSPS) is 21.4. The van der Waals surface area contributed by atoms with Crippen LogP contribution in [0.3, 0.4) is 0 Å². The van der Waals surface area contributed by atoms with Crippen LogP contribution in [0, 0.1) is 0 Å². The highest BCUT2D eigenvalue weighted by molar-refractivity contribution is 5.69. The topological polar surface area (TPSA) is 59.0 Å². The van der Waals surface area contributed by atoms with Gasteiger partial charge in [0.2, 0.25) is 0 Å². The minimum Gasteiger partial charge on any atom is -0.444 e. The average molecular weight is 293 g/mol. The van der Waals surface area contributed by atoms with Gasteiger partial charge in [0.25, 0.3) is 0 Å². The van der Waals surface area contributed by atoms with E-state index in [1.807, 2.05) is 30.3 Å². The Kier molecular flexibility index (Phi) is 4.25. The Hall–Kier alpha value is -1.59. The van der Waals surface area contributed by atoms with Crippen LogP contribution in [-0.2, 0) is 16.1 Å². The molecule has 0 spiro atoms. The van der Waals surface area contributed by atoms with Crippen molar-refractivity contribution >= 4 is 6.09 Å². The Balaban J connectivity index is 2.08. The molecule has 1 aliphatic rings. The molecule has 0 aromatic heterocycles. The van der Waals surface area contributed by atoms with Crippen molar-refractivity contribution in [3.63, 3.8) is 0 Å². The Morgan fingerprint density at radius 2 is 2.05 bits per heavy atom. The zero-order chi connectivity index (χ0) is 15.7. The molecule has 116 valence electrons. The van der Waals surface area contributed by atoms with Gasteiger partial charge in [-0.05, 0) is 33.3 Å². The highest BCUT2D eigenvalue weighted by atomic mass is 16.6. The predicted octanol–water partition coefficient (Wildman–Crippen LogP) is 2.53. The van der Waals surface area contributed by atoms with Crippen LogP contribution >= 0.6 is 0 Å². The van der Waals surface area contributed by atoms with Gasteiger partial charge in [-0.25, -0.2) is 4.79 Å². The molecule has 1 aromatic rings. The monoisotopic (exact) mass is 293 g/mol. The van der Waals surface area contributed by atoms with E-state index in [0.717, 1.165) is 5.56 Å². The summed E-state index contributed by atoms with van der Waals surface area (Å²) in [5.74, 6) is 0. The largest absolute Gasteiger partial charge is 0.444 e. The number of rotatable bonds is 3. The van der Waals surface area contributed by atoms with Crippen LogP contribution in [0.5, 0.6) is 0 Å². The molecule has 5 heteroatoms. The van der Waals surface area contributed by atoms with Crippen molar-refractivity contribution in [2.24, 2.45) is 0 Å². The summed E-state index contributed by atoms with van der Waals surface area (Å²) in [6, 6.07) is 9.05. The number of hydrogen-bond donors (Lipinski definition) is 1. The van der Waals surface area contributed by atoms with Crippen LogP contribution in [0.1, 0.15) is 33.3 Å². The van der Waals surface area contributed by atoms with Crippen molar-refractivity contribution in [1.82, 2.24) is 4.90 Å². The Labute approximate surface area is 125 Å². The summed E-state index contributed by atoms with van der Waals surface area (Å²) in [5.41, 5.74) is -0.929. The van der Waals surface area contributed by atoms with Crippen molar-refractivity contribution in [3.05, 3.63) is 35.9 Å². The number of amides is 1. The molecular weight excluding hydrogens is 270 g/mol. The Morgan fingerprint density at radius 1 is 1.43 bits per heavy atom. The SMILES string of the molecule is CC(C)(O)C1COC(C)(C)N1C(=O)OCc1ccccc1. The van der Waals surface area contributed by atoms with Crippen molar-refractivity contribution in [3.8, 4) is 0 Å². The first kappa shape index (κ1) is 15.8. The van der Waals surface area contributed by atoms with Gasteiger partial charge in [0.05, 0.1) is 18.2 Å². The summed E-state index contributed by atoms with van der Waals surface area (Å²) in [6.07, 6.45) is -0.478. The van der Waals surface area contributed by atoms with Crippen LogP contribution in [0.2, 0.25) is 0 Å². The molecule has 1 atom stereocenters. The first-order valence-electron chi connectivity index (χ1n) is 7.08. The third-order valence-corrected chi connectivity index (χ3v) is 3.70. The van der Waals surface area contributed by atoms with E-state index in [1.54, 1.807) is 27.7 Å². The third kappa shape index (κ3) is 3.54. The highest BCUT2D eigenvalue weighted by Gasteiger charge is 2.50. The van der Waals surface area contributed by atoms with Crippen LogP contribution < -0.4 is 0 Å². The summed E-state index contributed by atoms with van der Waals surface area (Å²) < 4.78 is 11.0. The number of carbonyl (C=O) groups is 1. The molecule has 1 heterocycles. The molecule has 0 bridgehead atoms. The van der Waals surface area contributed by atoms with Gasteiger partial charge < -0.3 is 14.6 Å². The lowest BCUT2D eigenvalue weighted by Gasteiger charge is -2.37. The van der Waals surface area contributed by atoms with E-state index in [1.165, 1.54) is 4.90 Å². The molecule has 5 nitrogen and oxygen atoms in total. The maximum atomic E-state index is 12.4. The van der Waals surface area contributed by atoms with Gasteiger partial charge in [-0.2, -0.15) is 0 Å². The highest BCUT2D eigenvalue weighted by Crippen LogP contribution is 2.33. The van der Waals surface area contributed by atoms with E-state index in [9.17, 15) is 9.90 Å². The van der Waals surface area contributed by atoms with Gasteiger partial charge in [0, 0.05) is 0 Å². The summed E-state index contributed by atoms with van der Waals surface area (Å²) >= 11 is 0. The van der Waals surface area contributed by atoms with E-state index in [-0.39, 0.29) is 13.2 Å². The standard InChI is InChI=1S/C16H23NO4/c1-15(2,19)13-11-21-16(3,4)17(13)14(18)20-10-12-8-6-5-7-9-12/h5-9,13,19H,10-11H2,1-4H3. The summed E-state index contributed by atoms with van der Waals surface area (Å²) in [4.78, 5) is 13.9. The smallest absolute Gasteiger partial charge is 0.412 e. The molecule has 1 aromatic carbocycles. The van der Waals surface area contributed by atoms with Crippen molar-refractivity contribution in [2.75, 3.05) is 6.61 Å². The quantitative estimate of drug-likeness (QED) is 0.930. The molecule has 1 saturated heterocycles. The van der Waals surface area contributed by atoms with E-state index in [0.29, 0.717) is 0 Å². The van der Waals surface area contributed by atoms with Crippen molar-refractivity contribution in [1.29, 1.82) is 0 Å². The maximum absolute atomic E-state index is 12.4. The molecule has 21 heavy (non-hydrogen) atoms. The minimum absolute atomic E-state index is 0.199. The van der Waals surface area contributed by atoms with Crippen LogP contribution in [0.15, 0.2) is 30.3 Å². The lowest BCUT2D eigenvalue weighted by molar-refractivity contribution is -0.0627. The Bertz CT molecular complexity index is 493. The number of benzene rings is 1. The van der Waals surface area contributed by atoms with Gasteiger partial charge in [-0.1, -0.05) is 30.3 Å². The molecule has 0 aliphatic carbocycles. The fourth-order valence-electron chi connectivity index (χ4n) is 2.46. The lowest BCUT2D eigenvalue weighted by atomic mass is 9.98. The summed E-state index contributed by atoms with van der Waals surface area (Å²) in [5, 5.41) is 10.2. The number of nitrogens with zero attached hydrogens (tertiary/aromatic N) is 1. The lowest BCUT2D eigenvalue weighted by Crippen LogP contribution is -2.55. The number of carbonyl (C=O) groups excluding carboxylic acids is 1. The second-order valence-electron chi connectivity index (χ2n) is 6.34. The molecule has 1 N–H and O–H groups in total. The van der Waals surface area contributed by atoms with E-state index >= 15 is 0 Å². The minimum atomic E-state index is -1.06.